The molecule has 1 aliphatic heterocycles. The van der Waals surface area contributed by atoms with Crippen LogP contribution in [0, 0.1) is 29.1 Å². The van der Waals surface area contributed by atoms with Gasteiger partial charge in [-0.1, -0.05) is 139 Å². The van der Waals surface area contributed by atoms with Gasteiger partial charge < -0.3 is 24.3 Å². The zero-order valence-electron chi connectivity index (χ0n) is 31.6. The highest BCUT2D eigenvalue weighted by Gasteiger charge is 2.33. The smallest absolute Gasteiger partial charge is 0.257 e. The number of oxazole rings is 1. The molecule has 1 amide bonds. The van der Waals surface area contributed by atoms with Crippen molar-refractivity contribution >= 4 is 17.7 Å². The number of aliphatic hydroxyl groups excluding tert-OH is 1. The number of benzene rings is 6. The zero-order chi connectivity index (χ0) is 41.8. The Morgan fingerprint density at radius 2 is 1.28 bits per heavy atom. The highest BCUT2D eigenvalue weighted by Crippen LogP contribution is 2.41. The van der Waals surface area contributed by atoms with Crippen molar-refractivity contribution in [1.82, 2.24) is 10.3 Å². The van der Waals surface area contributed by atoms with Crippen LogP contribution in [0.25, 0.3) is 33.7 Å². The first-order valence-electron chi connectivity index (χ1n) is 18.9. The minimum Gasteiger partial charge on any atom is -0.431 e. The van der Waals surface area contributed by atoms with Crippen molar-refractivity contribution < 1.29 is 45.7 Å². The normalized spacial score (nSPS) is 16.5. The molecule has 8 rings (SSSR count). The van der Waals surface area contributed by atoms with E-state index in [1.165, 1.54) is 11.8 Å². The molecule has 0 unspecified atom stereocenters. The molecule has 13 heteroatoms. The van der Waals surface area contributed by atoms with Crippen LogP contribution in [-0.4, -0.2) is 27.9 Å². The molecule has 60 heavy (non-hydrogen) atoms. The van der Waals surface area contributed by atoms with Crippen LogP contribution >= 0.6 is 11.8 Å². The van der Waals surface area contributed by atoms with Crippen molar-refractivity contribution in [1.29, 1.82) is 0 Å². The molecule has 6 aromatic carbocycles. The number of nitrogens with zero attached hydrogens (tertiary/aromatic N) is 1. The molecule has 2 N–H and O–H groups in total. The Hall–Kier alpha value is -6.12. The maximum Gasteiger partial charge on any atom is 0.257 e. The van der Waals surface area contributed by atoms with Crippen LogP contribution in [0.15, 0.2) is 143 Å². The van der Waals surface area contributed by atoms with Crippen LogP contribution in [0.5, 0.6) is 0 Å². The molecule has 1 saturated heterocycles. The van der Waals surface area contributed by atoms with E-state index in [0.29, 0.717) is 28.7 Å². The van der Waals surface area contributed by atoms with E-state index in [1.54, 1.807) is 18.2 Å². The molecular weight excluding hydrogens is 800 g/mol. The summed E-state index contributed by atoms with van der Waals surface area (Å²) in [7, 11) is 0. The lowest BCUT2D eigenvalue weighted by Gasteiger charge is -2.36. The average molecular weight is 835 g/mol. The number of ether oxygens (including phenoxy) is 2. The summed E-state index contributed by atoms with van der Waals surface area (Å²) in [5, 5.41) is 12.4. The lowest BCUT2D eigenvalue weighted by atomic mass is 9.99. The lowest BCUT2D eigenvalue weighted by molar-refractivity contribution is -0.245. The van der Waals surface area contributed by atoms with Crippen molar-refractivity contribution in [3.63, 3.8) is 0 Å². The Kier molecular flexibility index (Phi) is 12.2. The van der Waals surface area contributed by atoms with E-state index >= 15 is 0 Å². The van der Waals surface area contributed by atoms with Gasteiger partial charge in [0.2, 0.25) is 5.82 Å². The Bertz CT molecular complexity index is 2530. The first kappa shape index (κ1) is 40.7. The van der Waals surface area contributed by atoms with Crippen LogP contribution in [0.4, 0.5) is 22.0 Å². The van der Waals surface area contributed by atoms with Gasteiger partial charge in [0.1, 0.15) is 11.3 Å². The minimum absolute atomic E-state index is 0.0782. The molecule has 1 aliphatic rings. The number of aliphatic hydroxyl groups is 1. The second kappa shape index (κ2) is 18.0. The Balaban J connectivity index is 0.991. The fourth-order valence-corrected chi connectivity index (χ4v) is 7.74. The third-order valence-electron chi connectivity index (χ3n) is 10.0. The Labute approximate surface area is 345 Å². The summed E-state index contributed by atoms with van der Waals surface area (Å²) in [4.78, 5) is 17.4. The highest BCUT2D eigenvalue weighted by molar-refractivity contribution is 7.99. The van der Waals surface area contributed by atoms with Crippen LogP contribution in [0.2, 0.25) is 0 Å². The van der Waals surface area contributed by atoms with Crippen molar-refractivity contribution in [2.45, 2.75) is 43.3 Å². The molecule has 1 fully saturated rings. The predicted octanol–water partition coefficient (Wildman–Crippen LogP) is 11.1. The number of carbonyl (C=O) groups is 1. The molecule has 0 spiro atoms. The van der Waals surface area contributed by atoms with Gasteiger partial charge in [0.15, 0.2) is 35.3 Å². The Morgan fingerprint density at radius 1 is 0.667 bits per heavy atom. The van der Waals surface area contributed by atoms with Gasteiger partial charge in [-0.3, -0.25) is 4.79 Å². The van der Waals surface area contributed by atoms with E-state index in [4.69, 9.17) is 18.9 Å². The van der Waals surface area contributed by atoms with Crippen molar-refractivity contribution in [2.75, 3.05) is 5.75 Å². The van der Waals surface area contributed by atoms with Crippen molar-refractivity contribution in [2.24, 2.45) is 0 Å². The monoisotopic (exact) mass is 834 g/mol. The molecule has 1 aromatic heterocycles. The summed E-state index contributed by atoms with van der Waals surface area (Å²) in [6.07, 6.45) is -0.803. The first-order valence-corrected chi connectivity index (χ1v) is 19.9. The molecule has 0 radical (unpaired) electrons. The standard InChI is InChI=1S/C47H35F5N2O5S/c48-38-37(39(49)41(51)42(52)40(38)50)45(56)53-24-28-8-7-13-34(22-28)29-18-20-33(21-19-29)46-57-35(23-36(58-46)30-16-14-27(25-55)15-17-30)26-60-47-54-43(31-9-3-1-4-10-31)44(59-47)32-11-5-2-6-12-32/h1-22,35-36,46,55H,23-26H2,(H,53,56)/t35-,36+,46+/m1/s1. The number of hydrogen-bond acceptors (Lipinski definition) is 7. The van der Waals surface area contributed by atoms with E-state index in [2.05, 4.69) is 5.32 Å². The largest absolute Gasteiger partial charge is 0.431 e. The number of hydrogen-bond donors (Lipinski definition) is 2. The summed E-state index contributed by atoms with van der Waals surface area (Å²) in [5.74, 6) is -11.4. The van der Waals surface area contributed by atoms with Gasteiger partial charge in [-0.2, -0.15) is 0 Å². The van der Waals surface area contributed by atoms with Crippen molar-refractivity contribution in [3.8, 4) is 33.7 Å². The lowest BCUT2D eigenvalue weighted by Crippen LogP contribution is -2.31. The van der Waals surface area contributed by atoms with Gasteiger partial charge in [0.25, 0.3) is 11.1 Å². The number of carbonyl (C=O) groups excluding carboxylic acids is 1. The van der Waals surface area contributed by atoms with Crippen molar-refractivity contribution in [3.05, 3.63) is 190 Å². The van der Waals surface area contributed by atoms with Gasteiger partial charge in [-0.25, -0.2) is 26.9 Å². The van der Waals surface area contributed by atoms with Crippen LogP contribution in [0.1, 0.15) is 51.4 Å². The summed E-state index contributed by atoms with van der Waals surface area (Å²) >= 11 is 1.46. The van der Waals surface area contributed by atoms with E-state index in [1.807, 2.05) is 115 Å². The van der Waals surface area contributed by atoms with E-state index < -0.39 is 46.8 Å². The fraction of sp³-hybridized carbons (Fsp3) is 0.149. The van der Waals surface area contributed by atoms with Gasteiger partial charge in [-0.05, 0) is 33.9 Å². The van der Waals surface area contributed by atoms with Gasteiger partial charge in [0.05, 0.1) is 18.8 Å². The predicted molar refractivity (Wildman–Crippen MR) is 216 cm³/mol. The van der Waals surface area contributed by atoms with Gasteiger partial charge >= 0.3 is 0 Å². The quantitative estimate of drug-likeness (QED) is 0.0548. The second-order valence-corrected chi connectivity index (χ2v) is 15.0. The number of rotatable bonds is 12. The van der Waals surface area contributed by atoms with E-state index in [-0.39, 0.29) is 25.4 Å². The fourth-order valence-electron chi connectivity index (χ4n) is 6.89. The molecule has 0 saturated carbocycles. The van der Waals surface area contributed by atoms with Crippen LogP contribution in [0.3, 0.4) is 0 Å². The van der Waals surface area contributed by atoms with Gasteiger partial charge in [0, 0.05) is 35.4 Å². The number of amides is 1. The summed E-state index contributed by atoms with van der Waals surface area (Å²) in [5.41, 5.74) is 5.56. The molecular formula is C47H35F5N2O5S. The van der Waals surface area contributed by atoms with Crippen LogP contribution in [-0.2, 0) is 22.6 Å². The zero-order valence-corrected chi connectivity index (χ0v) is 32.4. The number of nitrogens with one attached hydrogen (secondary N) is 1. The van der Waals surface area contributed by atoms with Crippen LogP contribution < -0.4 is 5.32 Å². The number of aromatic nitrogens is 1. The second-order valence-electron chi connectivity index (χ2n) is 14.0. The number of halogens is 5. The van der Waals surface area contributed by atoms with E-state index in [9.17, 15) is 31.9 Å². The highest BCUT2D eigenvalue weighted by atomic mass is 32.2. The SMILES string of the molecule is O=C(NCc1cccc(-c2ccc([C@H]3O[C@@H](CSc4nc(-c5ccccc5)c(-c5ccccc5)o4)C[C@@H](c4ccc(CO)cc4)O3)cc2)c1)c1c(F)c(F)c(F)c(F)c1F. The molecule has 3 atom stereocenters. The maximum absolute atomic E-state index is 14.2. The number of thioether (sulfide) groups is 1. The maximum atomic E-state index is 14.2. The average Bonchev–Trinajstić information content (AvgIpc) is 3.74. The molecule has 0 bridgehead atoms. The Morgan fingerprint density at radius 3 is 1.95 bits per heavy atom. The topological polar surface area (TPSA) is 93.8 Å². The minimum atomic E-state index is -2.34. The summed E-state index contributed by atoms with van der Waals surface area (Å²) in [6.45, 7) is -0.325. The molecule has 2 heterocycles. The third kappa shape index (κ3) is 8.75. The summed E-state index contributed by atoms with van der Waals surface area (Å²) in [6, 6.07) is 41.7. The molecule has 7 aromatic rings. The summed E-state index contributed by atoms with van der Waals surface area (Å²) < 4.78 is 88.8. The third-order valence-corrected chi connectivity index (χ3v) is 11.0. The first-order chi connectivity index (χ1) is 29.2. The van der Waals surface area contributed by atoms with Gasteiger partial charge in [-0.15, -0.1) is 0 Å². The molecule has 7 nitrogen and oxygen atoms in total. The molecule has 0 aliphatic carbocycles. The van der Waals surface area contributed by atoms with E-state index in [0.717, 1.165) is 44.6 Å². The molecule has 304 valence electrons.